The summed E-state index contributed by atoms with van der Waals surface area (Å²) in [6, 6.07) is 7.08. The molecular weight excluding hydrogens is 560 g/mol. The van der Waals surface area contributed by atoms with Crippen molar-refractivity contribution >= 4 is 45.1 Å². The maximum Gasteiger partial charge on any atom is 0.433 e. The van der Waals surface area contributed by atoms with Crippen LogP contribution in [0.3, 0.4) is 0 Å². The predicted octanol–water partition coefficient (Wildman–Crippen LogP) is 6.66. The summed E-state index contributed by atoms with van der Waals surface area (Å²) in [5, 5.41) is 8.25. The molecule has 0 spiro atoms. The molecule has 1 aliphatic rings. The van der Waals surface area contributed by atoms with Gasteiger partial charge in [0.05, 0.1) is 23.3 Å². The van der Waals surface area contributed by atoms with E-state index in [0.29, 0.717) is 17.5 Å². The lowest BCUT2D eigenvalue weighted by Gasteiger charge is -2.27. The van der Waals surface area contributed by atoms with Gasteiger partial charge >= 0.3 is 6.18 Å². The first kappa shape index (κ1) is 24.7. The molecule has 0 radical (unpaired) electrons. The largest absolute Gasteiger partial charge is 0.489 e. The summed E-state index contributed by atoms with van der Waals surface area (Å²) >= 11 is 2.44. The molecule has 0 unspecified atom stereocenters. The van der Waals surface area contributed by atoms with Crippen molar-refractivity contribution in [2.75, 3.05) is 9.74 Å². The summed E-state index contributed by atoms with van der Waals surface area (Å²) < 4.78 is 48.1. The molecule has 6 nitrogen and oxygen atoms in total. The number of amides is 1. The van der Waals surface area contributed by atoms with E-state index in [-0.39, 0.29) is 11.8 Å². The Balaban J connectivity index is 1.62. The third-order valence-corrected chi connectivity index (χ3v) is 7.16. The van der Waals surface area contributed by atoms with Crippen LogP contribution in [0.25, 0.3) is 10.9 Å². The molecule has 34 heavy (non-hydrogen) atoms. The number of hydrogen-bond donors (Lipinski definition) is 1. The Morgan fingerprint density at radius 2 is 1.97 bits per heavy atom. The van der Waals surface area contributed by atoms with E-state index < -0.39 is 17.8 Å². The molecule has 1 aliphatic carbocycles. The van der Waals surface area contributed by atoms with Crippen LogP contribution in [0.15, 0.2) is 36.5 Å². The summed E-state index contributed by atoms with van der Waals surface area (Å²) in [6.45, 7) is 3.71. The summed E-state index contributed by atoms with van der Waals surface area (Å²) in [7, 11) is 0. The fourth-order valence-electron chi connectivity index (χ4n) is 4.18. The predicted molar refractivity (Wildman–Crippen MR) is 133 cm³/mol. The van der Waals surface area contributed by atoms with Gasteiger partial charge in [0.25, 0.3) is 5.91 Å². The Morgan fingerprint density at radius 1 is 1.24 bits per heavy atom. The van der Waals surface area contributed by atoms with Crippen molar-refractivity contribution in [2.45, 2.75) is 57.9 Å². The zero-order valence-electron chi connectivity index (χ0n) is 18.9. The van der Waals surface area contributed by atoms with Crippen LogP contribution in [0.5, 0.6) is 5.75 Å². The molecule has 0 saturated heterocycles. The Morgan fingerprint density at radius 3 is 2.62 bits per heavy atom. The molecule has 4 rings (SSSR count). The minimum absolute atomic E-state index is 0.176. The standard InChI is InChI=1S/C24H26F3IN4O2/c1-14(2)34-21-11-19-16(13-32(31-19)17-8-6-15(12-28)7-9-17)10-20(21)30-23(33)18-4-3-5-22(29-18)24(25,26)27/h3-5,10-11,13-15,17H,6-9,12H2,1-2H3,(H,30,33)/t15-,17-. The number of carbonyl (C=O) groups is 1. The number of ether oxygens (including phenoxy) is 1. The number of aromatic nitrogens is 3. The summed E-state index contributed by atoms with van der Waals surface area (Å²) in [6.07, 6.45) is 1.65. The van der Waals surface area contributed by atoms with Crippen molar-refractivity contribution in [3.63, 3.8) is 0 Å². The van der Waals surface area contributed by atoms with E-state index in [4.69, 9.17) is 9.84 Å². The van der Waals surface area contributed by atoms with Gasteiger partial charge in [-0.15, -0.1) is 0 Å². The van der Waals surface area contributed by atoms with Crippen molar-refractivity contribution < 1.29 is 22.7 Å². The van der Waals surface area contributed by atoms with E-state index in [1.807, 2.05) is 24.7 Å². The first-order valence-electron chi connectivity index (χ1n) is 11.2. The van der Waals surface area contributed by atoms with E-state index >= 15 is 0 Å². The zero-order valence-corrected chi connectivity index (χ0v) is 21.1. The lowest BCUT2D eigenvalue weighted by atomic mass is 9.87. The normalized spacial score (nSPS) is 18.9. The maximum atomic E-state index is 13.0. The average molecular weight is 586 g/mol. The molecule has 182 valence electrons. The highest BCUT2D eigenvalue weighted by Crippen LogP contribution is 2.36. The molecule has 1 aromatic carbocycles. The number of benzene rings is 1. The quantitative estimate of drug-likeness (QED) is 0.259. The second kappa shape index (κ2) is 10.1. The van der Waals surface area contributed by atoms with Crippen LogP contribution in [0.1, 0.15) is 61.8 Å². The van der Waals surface area contributed by atoms with Gasteiger partial charge in [0, 0.05) is 22.1 Å². The fraction of sp³-hybridized carbons (Fsp3) is 0.458. The van der Waals surface area contributed by atoms with E-state index in [1.54, 1.807) is 12.1 Å². The van der Waals surface area contributed by atoms with Crippen molar-refractivity contribution in [2.24, 2.45) is 5.92 Å². The van der Waals surface area contributed by atoms with Crippen LogP contribution in [-0.2, 0) is 6.18 Å². The smallest absolute Gasteiger partial charge is 0.433 e. The molecule has 10 heteroatoms. The maximum absolute atomic E-state index is 13.0. The number of pyridine rings is 1. The lowest BCUT2D eigenvalue weighted by molar-refractivity contribution is -0.141. The number of alkyl halides is 4. The third-order valence-electron chi connectivity index (χ3n) is 5.92. The van der Waals surface area contributed by atoms with Crippen LogP contribution in [0, 0.1) is 5.92 Å². The molecule has 2 heterocycles. The zero-order chi connectivity index (χ0) is 24.5. The van der Waals surface area contributed by atoms with E-state index in [9.17, 15) is 18.0 Å². The van der Waals surface area contributed by atoms with Crippen molar-refractivity contribution in [3.8, 4) is 5.75 Å². The Hall–Kier alpha value is -2.37. The second-order valence-corrected chi connectivity index (χ2v) is 9.75. The van der Waals surface area contributed by atoms with Crippen LogP contribution in [0.4, 0.5) is 18.9 Å². The number of hydrogen-bond acceptors (Lipinski definition) is 4. The van der Waals surface area contributed by atoms with Gasteiger partial charge in [0.1, 0.15) is 17.1 Å². The number of anilines is 1. The lowest BCUT2D eigenvalue weighted by Crippen LogP contribution is -2.19. The Labute approximate surface area is 209 Å². The van der Waals surface area contributed by atoms with Gasteiger partial charge in [0.15, 0.2) is 0 Å². The highest BCUT2D eigenvalue weighted by atomic mass is 127. The summed E-state index contributed by atoms with van der Waals surface area (Å²) in [5.74, 6) is 0.421. The van der Waals surface area contributed by atoms with E-state index in [2.05, 4.69) is 32.9 Å². The number of carbonyl (C=O) groups excluding carboxylic acids is 1. The molecule has 2 aromatic heterocycles. The molecule has 1 N–H and O–H groups in total. The van der Waals surface area contributed by atoms with Crippen LogP contribution >= 0.6 is 22.6 Å². The molecule has 0 atom stereocenters. The number of rotatable bonds is 6. The third kappa shape index (κ3) is 5.64. The van der Waals surface area contributed by atoms with Gasteiger partial charge in [0.2, 0.25) is 0 Å². The van der Waals surface area contributed by atoms with Crippen molar-refractivity contribution in [1.82, 2.24) is 14.8 Å². The molecule has 1 saturated carbocycles. The number of nitrogens with one attached hydrogen (secondary N) is 1. The second-order valence-electron chi connectivity index (χ2n) is 8.87. The van der Waals surface area contributed by atoms with Crippen LogP contribution in [-0.4, -0.2) is 31.2 Å². The molecule has 1 amide bonds. The van der Waals surface area contributed by atoms with Gasteiger partial charge in [-0.25, -0.2) is 4.98 Å². The number of fused-ring (bicyclic) bond motifs is 1. The monoisotopic (exact) mass is 586 g/mol. The minimum atomic E-state index is -4.63. The van der Waals surface area contributed by atoms with Gasteiger partial charge in [-0.05, 0) is 63.6 Å². The van der Waals surface area contributed by atoms with Gasteiger partial charge in [-0.3, -0.25) is 9.48 Å². The number of halogens is 4. The van der Waals surface area contributed by atoms with Crippen LogP contribution < -0.4 is 10.1 Å². The van der Waals surface area contributed by atoms with E-state index in [1.165, 1.54) is 23.3 Å². The fourth-order valence-corrected chi connectivity index (χ4v) is 5.06. The van der Waals surface area contributed by atoms with Crippen LogP contribution in [0.2, 0.25) is 0 Å². The van der Waals surface area contributed by atoms with Gasteiger partial charge in [-0.1, -0.05) is 28.7 Å². The van der Waals surface area contributed by atoms with Crippen molar-refractivity contribution in [3.05, 3.63) is 47.9 Å². The molecule has 0 bridgehead atoms. The highest BCUT2D eigenvalue weighted by Gasteiger charge is 2.33. The first-order valence-corrected chi connectivity index (χ1v) is 12.8. The molecule has 0 aliphatic heterocycles. The molecule has 1 fully saturated rings. The Bertz CT molecular complexity index is 1170. The van der Waals surface area contributed by atoms with Gasteiger partial charge in [-0.2, -0.15) is 18.3 Å². The molecule has 3 aromatic rings. The van der Waals surface area contributed by atoms with Gasteiger partial charge < -0.3 is 10.1 Å². The first-order chi connectivity index (χ1) is 16.1. The van der Waals surface area contributed by atoms with E-state index in [0.717, 1.165) is 41.8 Å². The average Bonchev–Trinajstić information content (AvgIpc) is 3.21. The highest BCUT2D eigenvalue weighted by molar-refractivity contribution is 14.1. The van der Waals surface area contributed by atoms with Crippen molar-refractivity contribution in [1.29, 1.82) is 0 Å². The number of nitrogens with zero attached hydrogens (tertiary/aromatic N) is 3. The molecular formula is C24H26F3IN4O2. The summed E-state index contributed by atoms with van der Waals surface area (Å²) in [4.78, 5) is 16.2. The Kier molecular flexibility index (Phi) is 7.34. The summed E-state index contributed by atoms with van der Waals surface area (Å²) in [5.41, 5.74) is -0.346. The SMILES string of the molecule is CC(C)Oc1cc2nn([C@H]3CC[C@H](CI)CC3)cc2cc1NC(=O)c1cccc(C(F)(F)F)n1. The topological polar surface area (TPSA) is 69.0 Å². The minimum Gasteiger partial charge on any atom is -0.489 e.